The molecule has 0 aliphatic carbocycles. The third-order valence-electron chi connectivity index (χ3n) is 2.67. The average molecular weight is 259 g/mol. The summed E-state index contributed by atoms with van der Waals surface area (Å²) in [4.78, 5) is 20.7. The Morgan fingerprint density at radius 3 is 3.00 bits per heavy atom. The second-order valence-electron chi connectivity index (χ2n) is 3.83. The Labute approximate surface area is 106 Å². The van der Waals surface area contributed by atoms with Gasteiger partial charge in [-0.2, -0.15) is 0 Å². The number of carbonyl (C=O) groups is 1. The van der Waals surface area contributed by atoms with Crippen molar-refractivity contribution < 1.29 is 9.90 Å². The fraction of sp³-hybridized carbons (Fsp3) is 0.0833. The summed E-state index contributed by atoms with van der Waals surface area (Å²) in [5, 5.41) is 11.1. The van der Waals surface area contributed by atoms with Gasteiger partial charge in [0.25, 0.3) is 0 Å². The van der Waals surface area contributed by atoms with Crippen molar-refractivity contribution in [1.82, 2.24) is 14.4 Å². The number of hydrogen-bond donors (Lipinski definition) is 1. The van der Waals surface area contributed by atoms with Crippen LogP contribution < -0.4 is 0 Å². The first-order chi connectivity index (χ1) is 8.66. The standard InChI is InChI=1S/C12H9N3O2S/c1-7-11(12(16)17)15-6-13-8(5-10(15)14-7)9-3-2-4-18-9/h2-6H,1H3,(H,16,17). The fourth-order valence-corrected chi connectivity index (χ4v) is 2.58. The van der Waals surface area contributed by atoms with Gasteiger partial charge in [0, 0.05) is 6.07 Å². The minimum atomic E-state index is -0.995. The smallest absolute Gasteiger partial charge is 0.354 e. The quantitative estimate of drug-likeness (QED) is 0.767. The molecule has 3 aromatic rings. The maximum atomic E-state index is 11.1. The van der Waals surface area contributed by atoms with E-state index in [0.717, 1.165) is 10.6 Å². The van der Waals surface area contributed by atoms with Crippen molar-refractivity contribution in [1.29, 1.82) is 0 Å². The molecule has 0 atom stereocenters. The highest BCUT2D eigenvalue weighted by Crippen LogP contribution is 2.24. The van der Waals surface area contributed by atoms with E-state index in [2.05, 4.69) is 9.97 Å². The van der Waals surface area contributed by atoms with Crippen LogP contribution in [-0.2, 0) is 0 Å². The van der Waals surface area contributed by atoms with Gasteiger partial charge < -0.3 is 5.11 Å². The molecule has 6 heteroatoms. The average Bonchev–Trinajstić information content (AvgIpc) is 2.92. The Bertz CT molecular complexity index is 731. The molecule has 3 heterocycles. The number of carboxylic acid groups (broad SMARTS) is 1. The molecule has 0 bridgehead atoms. The maximum absolute atomic E-state index is 11.1. The maximum Gasteiger partial charge on any atom is 0.354 e. The van der Waals surface area contributed by atoms with Crippen molar-refractivity contribution in [3.8, 4) is 10.6 Å². The van der Waals surface area contributed by atoms with Crippen LogP contribution in [0.25, 0.3) is 16.2 Å². The SMILES string of the molecule is Cc1nc2cc(-c3cccs3)ncn2c1C(=O)O. The number of thiophene rings is 1. The number of aromatic nitrogens is 3. The molecule has 3 rings (SSSR count). The first-order valence-electron chi connectivity index (χ1n) is 5.28. The van der Waals surface area contributed by atoms with Crippen LogP contribution in [0.1, 0.15) is 16.2 Å². The van der Waals surface area contributed by atoms with Crippen LogP contribution in [0.4, 0.5) is 0 Å². The predicted octanol–water partition coefficient (Wildman–Crippen LogP) is 2.46. The van der Waals surface area contributed by atoms with Gasteiger partial charge in [-0.1, -0.05) is 6.07 Å². The minimum Gasteiger partial charge on any atom is -0.477 e. The van der Waals surface area contributed by atoms with Gasteiger partial charge in [0.2, 0.25) is 0 Å². The predicted molar refractivity (Wildman–Crippen MR) is 68.0 cm³/mol. The van der Waals surface area contributed by atoms with Crippen molar-refractivity contribution in [2.24, 2.45) is 0 Å². The monoisotopic (exact) mass is 259 g/mol. The van der Waals surface area contributed by atoms with Crippen molar-refractivity contribution in [3.05, 3.63) is 41.3 Å². The summed E-state index contributed by atoms with van der Waals surface area (Å²) in [6.45, 7) is 1.68. The van der Waals surface area contributed by atoms with E-state index < -0.39 is 5.97 Å². The highest BCUT2D eigenvalue weighted by Gasteiger charge is 2.16. The molecule has 90 valence electrons. The molecule has 0 saturated carbocycles. The normalized spacial score (nSPS) is 10.9. The van der Waals surface area contributed by atoms with Crippen LogP contribution in [0.15, 0.2) is 29.9 Å². The summed E-state index contributed by atoms with van der Waals surface area (Å²) in [6, 6.07) is 5.72. The van der Waals surface area contributed by atoms with Crippen LogP contribution >= 0.6 is 11.3 Å². The first kappa shape index (κ1) is 10.9. The molecular formula is C12H9N3O2S. The van der Waals surface area contributed by atoms with Crippen LogP contribution in [0.5, 0.6) is 0 Å². The topological polar surface area (TPSA) is 67.5 Å². The van der Waals surface area contributed by atoms with Gasteiger partial charge >= 0.3 is 5.97 Å². The van der Waals surface area contributed by atoms with Gasteiger partial charge in [-0.05, 0) is 18.4 Å². The van der Waals surface area contributed by atoms with Crippen molar-refractivity contribution in [2.75, 3.05) is 0 Å². The summed E-state index contributed by atoms with van der Waals surface area (Å²) in [5.41, 5.74) is 2.06. The van der Waals surface area contributed by atoms with E-state index in [1.165, 1.54) is 10.7 Å². The summed E-state index contributed by atoms with van der Waals surface area (Å²) in [7, 11) is 0. The lowest BCUT2D eigenvalue weighted by Gasteiger charge is -1.99. The van der Waals surface area contributed by atoms with Gasteiger partial charge in [-0.3, -0.25) is 4.40 Å². The molecule has 3 aromatic heterocycles. The summed E-state index contributed by atoms with van der Waals surface area (Å²) in [6.07, 6.45) is 1.51. The van der Waals surface area contributed by atoms with Gasteiger partial charge in [-0.25, -0.2) is 14.8 Å². The lowest BCUT2D eigenvalue weighted by molar-refractivity contribution is 0.0688. The highest BCUT2D eigenvalue weighted by atomic mass is 32.1. The van der Waals surface area contributed by atoms with Gasteiger partial charge in [-0.15, -0.1) is 11.3 Å². The van der Waals surface area contributed by atoms with Crippen molar-refractivity contribution in [3.63, 3.8) is 0 Å². The molecule has 18 heavy (non-hydrogen) atoms. The number of aryl methyl sites for hydroxylation is 1. The molecule has 1 N–H and O–H groups in total. The number of imidazole rings is 1. The molecule has 0 aliphatic heterocycles. The lowest BCUT2D eigenvalue weighted by Crippen LogP contribution is -2.04. The molecule has 0 saturated heterocycles. The summed E-state index contributed by atoms with van der Waals surface area (Å²) < 4.78 is 1.49. The van der Waals surface area contributed by atoms with E-state index in [9.17, 15) is 4.79 Å². The highest BCUT2D eigenvalue weighted by molar-refractivity contribution is 7.13. The Balaban J connectivity index is 2.23. The van der Waals surface area contributed by atoms with E-state index in [1.54, 1.807) is 24.3 Å². The van der Waals surface area contributed by atoms with Crippen LogP contribution in [0.2, 0.25) is 0 Å². The van der Waals surface area contributed by atoms with E-state index in [-0.39, 0.29) is 5.69 Å². The molecule has 0 radical (unpaired) electrons. The number of carboxylic acids is 1. The van der Waals surface area contributed by atoms with Crippen LogP contribution in [-0.4, -0.2) is 25.4 Å². The number of aromatic carboxylic acids is 1. The second kappa shape index (κ2) is 3.92. The van der Waals surface area contributed by atoms with E-state index in [0.29, 0.717) is 11.3 Å². The zero-order chi connectivity index (χ0) is 12.7. The van der Waals surface area contributed by atoms with Gasteiger partial charge in [0.15, 0.2) is 5.69 Å². The van der Waals surface area contributed by atoms with Crippen molar-refractivity contribution >= 4 is 23.0 Å². The van der Waals surface area contributed by atoms with Gasteiger partial charge in [0.1, 0.15) is 12.0 Å². The van der Waals surface area contributed by atoms with Crippen LogP contribution in [0, 0.1) is 6.92 Å². The molecule has 0 unspecified atom stereocenters. The third kappa shape index (κ3) is 1.58. The van der Waals surface area contributed by atoms with E-state index in [4.69, 9.17) is 5.11 Å². The molecular weight excluding hydrogens is 250 g/mol. The number of fused-ring (bicyclic) bond motifs is 1. The molecule has 0 fully saturated rings. The molecule has 0 spiro atoms. The number of rotatable bonds is 2. The molecule has 0 aliphatic rings. The Morgan fingerprint density at radius 1 is 1.50 bits per heavy atom. The number of nitrogens with zero attached hydrogens (tertiary/aromatic N) is 3. The summed E-state index contributed by atoms with van der Waals surface area (Å²) >= 11 is 1.59. The second-order valence-corrected chi connectivity index (χ2v) is 4.78. The van der Waals surface area contributed by atoms with Crippen LogP contribution in [0.3, 0.4) is 0 Å². The molecule has 5 nitrogen and oxygen atoms in total. The molecule has 0 aromatic carbocycles. The molecule has 0 amide bonds. The number of hydrogen-bond acceptors (Lipinski definition) is 4. The lowest BCUT2D eigenvalue weighted by atomic mass is 10.3. The van der Waals surface area contributed by atoms with Crippen molar-refractivity contribution in [2.45, 2.75) is 6.92 Å². The zero-order valence-electron chi connectivity index (χ0n) is 9.49. The van der Waals surface area contributed by atoms with Gasteiger partial charge in [0.05, 0.1) is 16.3 Å². The Kier molecular flexibility index (Phi) is 2.38. The zero-order valence-corrected chi connectivity index (χ0v) is 10.3. The minimum absolute atomic E-state index is 0.162. The van der Waals surface area contributed by atoms with E-state index in [1.807, 2.05) is 17.5 Å². The largest absolute Gasteiger partial charge is 0.477 e. The first-order valence-corrected chi connectivity index (χ1v) is 6.16. The fourth-order valence-electron chi connectivity index (χ4n) is 1.88. The summed E-state index contributed by atoms with van der Waals surface area (Å²) in [5.74, 6) is -0.995. The van der Waals surface area contributed by atoms with E-state index >= 15 is 0 Å². The Hall–Kier alpha value is -2.21. The third-order valence-corrected chi connectivity index (χ3v) is 3.56. The Morgan fingerprint density at radius 2 is 2.33 bits per heavy atom.